The minimum absolute atomic E-state index is 0.0368. The molecule has 1 saturated carbocycles. The first kappa shape index (κ1) is 23.9. The molecule has 0 saturated heterocycles. The molecule has 34 heavy (non-hydrogen) atoms. The zero-order valence-corrected chi connectivity index (χ0v) is 19.4. The van der Waals surface area contributed by atoms with Gasteiger partial charge in [0.15, 0.2) is 11.5 Å². The van der Waals surface area contributed by atoms with Gasteiger partial charge in [-0.3, -0.25) is 0 Å². The van der Waals surface area contributed by atoms with Crippen molar-refractivity contribution in [2.75, 3.05) is 31.9 Å². The van der Waals surface area contributed by atoms with Crippen molar-refractivity contribution in [3.8, 4) is 11.5 Å². The molecule has 1 aliphatic rings. The average Bonchev–Trinajstić information content (AvgIpc) is 3.56. The quantitative estimate of drug-likeness (QED) is 0.428. The number of benzene rings is 2. The summed E-state index contributed by atoms with van der Waals surface area (Å²) in [6, 6.07) is 6.53. The average molecular weight is 476 g/mol. The molecule has 3 aromatic rings. The maximum Gasteiger partial charge on any atom is 0.416 e. The van der Waals surface area contributed by atoms with Gasteiger partial charge < -0.3 is 25.3 Å². The van der Waals surface area contributed by atoms with E-state index >= 15 is 0 Å². The highest BCUT2D eigenvalue weighted by Gasteiger charge is 2.44. The van der Waals surface area contributed by atoms with Gasteiger partial charge in [0.25, 0.3) is 0 Å². The second-order valence-corrected chi connectivity index (χ2v) is 8.57. The van der Waals surface area contributed by atoms with Gasteiger partial charge in [-0.1, -0.05) is 0 Å². The summed E-state index contributed by atoms with van der Waals surface area (Å²) in [7, 11) is 3.21. The third kappa shape index (κ3) is 4.96. The van der Waals surface area contributed by atoms with Gasteiger partial charge in [0.1, 0.15) is 23.9 Å². The number of nitrogen functional groups attached to an aromatic ring is 1. The van der Waals surface area contributed by atoms with Gasteiger partial charge in [-0.2, -0.15) is 13.2 Å². The molecule has 1 aromatic heterocycles. The molecule has 4 rings (SSSR count). The Morgan fingerprint density at radius 3 is 2.44 bits per heavy atom. The lowest BCUT2D eigenvalue weighted by Crippen LogP contribution is -2.21. The second-order valence-electron chi connectivity index (χ2n) is 8.57. The highest BCUT2D eigenvalue weighted by molar-refractivity contribution is 5.92. The number of nitrogens with one attached hydrogen (secondary N) is 1. The number of anilines is 2. The van der Waals surface area contributed by atoms with Crippen molar-refractivity contribution in [3.63, 3.8) is 0 Å². The van der Waals surface area contributed by atoms with Crippen LogP contribution in [-0.2, 0) is 10.9 Å². The summed E-state index contributed by atoms with van der Waals surface area (Å²) in [6.07, 6.45) is -2.65. The number of aryl methyl sites for hydroxylation is 1. The first-order valence-corrected chi connectivity index (χ1v) is 10.8. The number of halogens is 3. The van der Waals surface area contributed by atoms with Gasteiger partial charge in [0.05, 0.1) is 24.2 Å². The first-order valence-electron chi connectivity index (χ1n) is 10.8. The van der Waals surface area contributed by atoms with Gasteiger partial charge in [0, 0.05) is 24.2 Å². The normalized spacial score (nSPS) is 15.7. The Morgan fingerprint density at radius 2 is 1.82 bits per heavy atom. The van der Waals surface area contributed by atoms with E-state index in [-0.39, 0.29) is 11.3 Å². The number of rotatable bonds is 8. The first-order chi connectivity index (χ1) is 16.0. The molecule has 1 heterocycles. The summed E-state index contributed by atoms with van der Waals surface area (Å²) in [6.45, 7) is 3.86. The molecule has 7 nitrogen and oxygen atoms in total. The van der Waals surface area contributed by atoms with E-state index in [1.165, 1.54) is 6.07 Å². The van der Waals surface area contributed by atoms with Crippen LogP contribution in [0.2, 0.25) is 0 Å². The van der Waals surface area contributed by atoms with E-state index in [1.807, 2.05) is 0 Å². The zero-order chi connectivity index (χ0) is 24.7. The predicted molar refractivity (Wildman–Crippen MR) is 123 cm³/mol. The van der Waals surface area contributed by atoms with Gasteiger partial charge >= 0.3 is 6.18 Å². The van der Waals surface area contributed by atoms with Crippen LogP contribution in [0.4, 0.5) is 24.7 Å². The van der Waals surface area contributed by atoms with Crippen molar-refractivity contribution >= 4 is 22.4 Å². The molecule has 0 spiro atoms. The van der Waals surface area contributed by atoms with Gasteiger partial charge in [0.2, 0.25) is 0 Å². The molecule has 1 aliphatic carbocycles. The smallest absolute Gasteiger partial charge is 0.416 e. The van der Waals surface area contributed by atoms with E-state index in [9.17, 15) is 13.2 Å². The van der Waals surface area contributed by atoms with E-state index in [4.69, 9.17) is 19.9 Å². The fourth-order valence-electron chi connectivity index (χ4n) is 3.77. The summed E-state index contributed by atoms with van der Waals surface area (Å²) < 4.78 is 56.9. The molecule has 1 unspecified atom stereocenters. The van der Waals surface area contributed by atoms with Crippen molar-refractivity contribution in [2.24, 2.45) is 0 Å². The van der Waals surface area contributed by atoms with Crippen LogP contribution in [0, 0.1) is 6.92 Å². The van der Waals surface area contributed by atoms with Crippen LogP contribution in [0.3, 0.4) is 0 Å². The van der Waals surface area contributed by atoms with Crippen molar-refractivity contribution in [2.45, 2.75) is 44.5 Å². The monoisotopic (exact) mass is 476 g/mol. The van der Waals surface area contributed by atoms with Crippen LogP contribution < -0.4 is 20.5 Å². The highest BCUT2D eigenvalue weighted by atomic mass is 19.4. The van der Waals surface area contributed by atoms with Crippen LogP contribution in [0.5, 0.6) is 11.5 Å². The fourth-order valence-corrected chi connectivity index (χ4v) is 3.77. The van der Waals surface area contributed by atoms with Crippen LogP contribution in [0.25, 0.3) is 10.9 Å². The molecule has 1 atom stereocenters. The van der Waals surface area contributed by atoms with Crippen molar-refractivity contribution in [3.05, 3.63) is 47.3 Å². The number of nitrogens with two attached hydrogens (primary N) is 1. The number of hydrogen-bond donors (Lipinski definition) is 2. The highest BCUT2D eigenvalue weighted by Crippen LogP contribution is 2.41. The van der Waals surface area contributed by atoms with Crippen LogP contribution in [0.15, 0.2) is 30.3 Å². The molecule has 0 amide bonds. The lowest BCUT2D eigenvalue weighted by Gasteiger charge is -2.20. The summed E-state index contributed by atoms with van der Waals surface area (Å²) in [5.41, 5.74) is 5.71. The Balaban J connectivity index is 1.69. The van der Waals surface area contributed by atoms with Crippen LogP contribution in [0.1, 0.15) is 42.8 Å². The standard InChI is InChI=1S/C24H27F3N4O3/c1-13(15-7-16(24(25,26)27)9-17(28)8-15)29-22-18-10-21(34-12-23(33-4)5-6-23)20(32-3)11-19(18)30-14(2)31-22/h7-11,13H,5-6,12,28H2,1-4H3,(H,29,30,31). The Labute approximate surface area is 195 Å². The topological polar surface area (TPSA) is 91.5 Å². The maximum atomic E-state index is 13.3. The lowest BCUT2D eigenvalue weighted by molar-refractivity contribution is -0.137. The third-order valence-corrected chi connectivity index (χ3v) is 5.98. The SMILES string of the molecule is COc1cc2nc(C)nc(NC(C)c3cc(N)cc(C(F)(F)F)c3)c2cc1OCC1(OC)CC1. The number of fused-ring (bicyclic) bond motifs is 1. The number of ether oxygens (including phenoxy) is 3. The molecule has 0 aliphatic heterocycles. The summed E-state index contributed by atoms with van der Waals surface area (Å²) in [4.78, 5) is 8.98. The van der Waals surface area contributed by atoms with E-state index in [0.29, 0.717) is 46.2 Å². The molecular weight excluding hydrogens is 449 g/mol. The van der Waals surface area contributed by atoms with E-state index in [1.54, 1.807) is 40.2 Å². The van der Waals surface area contributed by atoms with E-state index < -0.39 is 17.8 Å². The zero-order valence-electron chi connectivity index (χ0n) is 19.4. The summed E-state index contributed by atoms with van der Waals surface area (Å²) >= 11 is 0. The van der Waals surface area contributed by atoms with Gasteiger partial charge in [-0.25, -0.2) is 9.97 Å². The minimum Gasteiger partial charge on any atom is -0.493 e. The predicted octanol–water partition coefficient (Wildman–Crippen LogP) is 5.28. The molecule has 1 fully saturated rings. The molecule has 0 bridgehead atoms. The Morgan fingerprint density at radius 1 is 1.09 bits per heavy atom. The summed E-state index contributed by atoms with van der Waals surface area (Å²) in [5, 5.41) is 3.86. The van der Waals surface area contributed by atoms with Crippen molar-refractivity contribution in [1.29, 1.82) is 0 Å². The molecular formula is C24H27F3N4O3. The van der Waals surface area contributed by atoms with Crippen LogP contribution >= 0.6 is 0 Å². The minimum atomic E-state index is -4.49. The molecule has 0 radical (unpaired) electrons. The number of aromatic nitrogens is 2. The maximum absolute atomic E-state index is 13.3. The van der Waals surface area contributed by atoms with Gasteiger partial charge in [-0.05, 0) is 56.5 Å². The van der Waals surface area contributed by atoms with Crippen molar-refractivity contribution < 1.29 is 27.4 Å². The molecule has 3 N–H and O–H groups in total. The third-order valence-electron chi connectivity index (χ3n) is 5.98. The summed E-state index contributed by atoms with van der Waals surface area (Å²) in [5.74, 6) is 1.98. The Bertz CT molecular complexity index is 1210. The van der Waals surface area contributed by atoms with Gasteiger partial charge in [-0.15, -0.1) is 0 Å². The second kappa shape index (κ2) is 8.83. The molecule has 2 aromatic carbocycles. The van der Waals surface area contributed by atoms with Crippen LogP contribution in [-0.4, -0.2) is 36.4 Å². The van der Waals surface area contributed by atoms with Crippen molar-refractivity contribution in [1.82, 2.24) is 9.97 Å². The van der Waals surface area contributed by atoms with E-state index in [2.05, 4.69) is 15.3 Å². The largest absolute Gasteiger partial charge is 0.493 e. The van der Waals surface area contributed by atoms with E-state index in [0.717, 1.165) is 25.0 Å². The fraction of sp³-hybridized carbons (Fsp3) is 0.417. The molecule has 10 heteroatoms. The number of nitrogens with zero attached hydrogens (tertiary/aromatic N) is 2. The number of alkyl halides is 3. The Hall–Kier alpha value is -3.27. The lowest BCUT2D eigenvalue weighted by atomic mass is 10.0. The Kier molecular flexibility index (Phi) is 6.20. The number of methoxy groups -OCH3 is 2. The number of hydrogen-bond acceptors (Lipinski definition) is 7. The molecule has 182 valence electrons.